The van der Waals surface area contributed by atoms with E-state index in [2.05, 4.69) is 20.3 Å². The predicted octanol–water partition coefficient (Wildman–Crippen LogP) is 1.99. The Morgan fingerprint density at radius 2 is 2.25 bits per heavy atom. The van der Waals surface area contributed by atoms with Gasteiger partial charge in [0, 0.05) is 11.3 Å². The first-order valence-corrected chi connectivity index (χ1v) is 7.45. The second kappa shape index (κ2) is 4.92. The maximum atomic E-state index is 12.4. The molecule has 2 aromatic heterocycles. The minimum absolute atomic E-state index is 0.207. The number of rotatable bonds is 3. The lowest BCUT2D eigenvalue weighted by Crippen LogP contribution is -2.40. The number of hydrogen-bond donors (Lipinski definition) is 2. The highest BCUT2D eigenvalue weighted by molar-refractivity contribution is 6.19. The average molecular weight is 326 g/mol. The Hall–Kier alpha value is -3.16. The van der Waals surface area contributed by atoms with Crippen molar-refractivity contribution in [1.82, 2.24) is 15.0 Å². The summed E-state index contributed by atoms with van der Waals surface area (Å²) in [6.07, 6.45) is 2.87. The summed E-state index contributed by atoms with van der Waals surface area (Å²) >= 11 is 0. The fraction of sp³-hybridized carbons (Fsp3) is 0.250. The molecule has 3 aromatic rings. The number of anilines is 1. The minimum Gasteiger partial charge on any atom is -0.465 e. The third kappa shape index (κ3) is 1.86. The van der Waals surface area contributed by atoms with Crippen LogP contribution in [0, 0.1) is 0 Å². The minimum atomic E-state index is -1.38. The van der Waals surface area contributed by atoms with Gasteiger partial charge >= 0.3 is 5.97 Å². The molecule has 1 atom stereocenters. The molecule has 8 heteroatoms. The lowest BCUT2D eigenvalue weighted by atomic mass is 9.83. The molecule has 0 spiro atoms. The summed E-state index contributed by atoms with van der Waals surface area (Å²) in [6.45, 7) is 3.47. The third-order valence-electron chi connectivity index (χ3n) is 4.21. The number of hydrogen-bond acceptors (Lipinski definition) is 6. The molecule has 0 bridgehead atoms. The second-order valence-electron chi connectivity index (χ2n) is 5.67. The van der Waals surface area contributed by atoms with E-state index in [9.17, 15) is 9.59 Å². The summed E-state index contributed by atoms with van der Waals surface area (Å²) in [7, 11) is 0. The van der Waals surface area contributed by atoms with Crippen molar-refractivity contribution >= 4 is 28.6 Å². The number of H-pyrrole nitrogens is 1. The van der Waals surface area contributed by atoms with Gasteiger partial charge in [-0.2, -0.15) is 0 Å². The highest BCUT2D eigenvalue weighted by Gasteiger charge is 2.50. The van der Waals surface area contributed by atoms with Gasteiger partial charge in [-0.15, -0.1) is 0 Å². The van der Waals surface area contributed by atoms with Crippen molar-refractivity contribution in [3.63, 3.8) is 0 Å². The van der Waals surface area contributed by atoms with E-state index < -0.39 is 17.3 Å². The molecular formula is C16H14N4O4. The van der Waals surface area contributed by atoms with Crippen molar-refractivity contribution in [2.24, 2.45) is 0 Å². The number of amides is 1. The summed E-state index contributed by atoms with van der Waals surface area (Å²) in [5.41, 5.74) is 1.07. The van der Waals surface area contributed by atoms with Gasteiger partial charge in [0.1, 0.15) is 0 Å². The molecule has 0 fully saturated rings. The summed E-state index contributed by atoms with van der Waals surface area (Å²) in [6, 6.07) is 3.47. The Morgan fingerprint density at radius 1 is 1.42 bits per heavy atom. The molecule has 1 aliphatic heterocycles. The van der Waals surface area contributed by atoms with Gasteiger partial charge in [0.25, 0.3) is 0 Å². The Balaban J connectivity index is 1.86. The van der Waals surface area contributed by atoms with Crippen LogP contribution in [0.2, 0.25) is 0 Å². The summed E-state index contributed by atoms with van der Waals surface area (Å²) in [5, 5.41) is 2.73. The highest BCUT2D eigenvalue weighted by Crippen LogP contribution is 2.41. The van der Waals surface area contributed by atoms with Gasteiger partial charge in [-0.3, -0.25) is 9.59 Å². The van der Waals surface area contributed by atoms with Crippen LogP contribution in [-0.2, 0) is 19.7 Å². The number of carbonyl (C=O) groups excluding carboxylic acids is 2. The molecule has 1 amide bonds. The fourth-order valence-electron chi connectivity index (χ4n) is 2.87. The van der Waals surface area contributed by atoms with E-state index in [1.165, 1.54) is 6.39 Å². The van der Waals surface area contributed by atoms with Gasteiger partial charge < -0.3 is 19.5 Å². The number of aromatic amines is 1. The van der Waals surface area contributed by atoms with Crippen LogP contribution in [0.25, 0.3) is 22.6 Å². The van der Waals surface area contributed by atoms with Crippen LogP contribution < -0.4 is 5.32 Å². The van der Waals surface area contributed by atoms with Crippen molar-refractivity contribution in [1.29, 1.82) is 0 Å². The number of fused-ring (bicyclic) bond motifs is 2. The number of aromatic nitrogens is 3. The Labute approximate surface area is 136 Å². The molecule has 8 nitrogen and oxygen atoms in total. The zero-order valence-corrected chi connectivity index (χ0v) is 13.0. The first kappa shape index (κ1) is 14.4. The van der Waals surface area contributed by atoms with E-state index in [4.69, 9.17) is 9.15 Å². The molecule has 1 aliphatic rings. The Kier molecular flexibility index (Phi) is 2.96. The van der Waals surface area contributed by atoms with Gasteiger partial charge in [0.2, 0.25) is 5.91 Å². The number of ether oxygens (including phenoxy) is 1. The monoisotopic (exact) mass is 326 g/mol. The van der Waals surface area contributed by atoms with Crippen LogP contribution in [0.1, 0.15) is 19.4 Å². The maximum Gasteiger partial charge on any atom is 0.326 e. The molecule has 3 heterocycles. The number of nitrogens with zero attached hydrogens (tertiary/aromatic N) is 2. The number of benzene rings is 1. The maximum absolute atomic E-state index is 12.4. The number of esters is 1. The topological polar surface area (TPSA) is 110 Å². The van der Waals surface area contributed by atoms with E-state index in [1.807, 2.05) is 0 Å². The number of carbonyl (C=O) groups is 2. The van der Waals surface area contributed by atoms with Crippen molar-refractivity contribution in [2.45, 2.75) is 19.3 Å². The standard InChI is InChI=1S/C16H14N4O4/c1-3-23-15(22)16(2)8-4-10-11(5-9(8)20-14(16)21)19-13(18-10)12-6-17-7-24-12/h4-7H,3H2,1-2H3,(H,18,19)(H,20,21). The molecule has 122 valence electrons. The quantitative estimate of drug-likeness (QED) is 0.562. The van der Waals surface area contributed by atoms with Crippen LogP contribution in [0.3, 0.4) is 0 Å². The number of imidazole rings is 1. The molecule has 1 aromatic carbocycles. The molecule has 1 unspecified atom stereocenters. The van der Waals surface area contributed by atoms with Crippen molar-refractivity contribution in [2.75, 3.05) is 11.9 Å². The first-order chi connectivity index (χ1) is 11.5. The van der Waals surface area contributed by atoms with Gasteiger partial charge in [0.15, 0.2) is 23.4 Å². The zero-order chi connectivity index (χ0) is 16.9. The zero-order valence-electron chi connectivity index (χ0n) is 13.0. The van der Waals surface area contributed by atoms with Crippen LogP contribution in [0.4, 0.5) is 5.69 Å². The van der Waals surface area contributed by atoms with E-state index in [0.717, 1.165) is 0 Å². The fourth-order valence-corrected chi connectivity index (χ4v) is 2.87. The smallest absolute Gasteiger partial charge is 0.326 e. The molecule has 24 heavy (non-hydrogen) atoms. The highest BCUT2D eigenvalue weighted by atomic mass is 16.5. The molecule has 0 saturated carbocycles. The lowest BCUT2D eigenvalue weighted by Gasteiger charge is -2.19. The largest absolute Gasteiger partial charge is 0.465 e. The lowest BCUT2D eigenvalue weighted by molar-refractivity contribution is -0.152. The van der Waals surface area contributed by atoms with Gasteiger partial charge in [-0.1, -0.05) is 0 Å². The van der Waals surface area contributed by atoms with Crippen LogP contribution >= 0.6 is 0 Å². The third-order valence-corrected chi connectivity index (χ3v) is 4.21. The first-order valence-electron chi connectivity index (χ1n) is 7.45. The molecule has 0 aliphatic carbocycles. The van der Waals surface area contributed by atoms with Crippen LogP contribution in [0.15, 0.2) is 29.1 Å². The summed E-state index contributed by atoms with van der Waals surface area (Å²) in [4.78, 5) is 36.1. The summed E-state index contributed by atoms with van der Waals surface area (Å²) < 4.78 is 10.3. The van der Waals surface area contributed by atoms with Crippen molar-refractivity contribution in [3.8, 4) is 11.6 Å². The van der Waals surface area contributed by atoms with E-state index >= 15 is 0 Å². The second-order valence-corrected chi connectivity index (χ2v) is 5.67. The Morgan fingerprint density at radius 3 is 2.96 bits per heavy atom. The predicted molar refractivity (Wildman–Crippen MR) is 84.2 cm³/mol. The molecule has 4 rings (SSSR count). The van der Waals surface area contributed by atoms with Crippen molar-refractivity contribution < 1.29 is 18.7 Å². The number of nitrogens with one attached hydrogen (secondary N) is 2. The van der Waals surface area contributed by atoms with Crippen molar-refractivity contribution in [3.05, 3.63) is 30.3 Å². The van der Waals surface area contributed by atoms with E-state index in [1.54, 1.807) is 32.2 Å². The average Bonchev–Trinajstić information content (AvgIpc) is 3.25. The molecule has 2 N–H and O–H groups in total. The van der Waals surface area contributed by atoms with Crippen LogP contribution in [0.5, 0.6) is 0 Å². The SMILES string of the molecule is CCOC(=O)C1(C)C(=O)Nc2cc3nc(-c4cnco4)[nH]c3cc21. The molecule has 0 saturated heterocycles. The van der Waals surface area contributed by atoms with Gasteiger partial charge in [-0.25, -0.2) is 9.97 Å². The van der Waals surface area contributed by atoms with E-state index in [0.29, 0.717) is 33.9 Å². The number of oxazole rings is 1. The van der Waals surface area contributed by atoms with Gasteiger partial charge in [-0.05, 0) is 26.0 Å². The normalized spacial score (nSPS) is 19.3. The van der Waals surface area contributed by atoms with E-state index in [-0.39, 0.29) is 6.61 Å². The molecule has 0 radical (unpaired) electrons. The van der Waals surface area contributed by atoms with Crippen LogP contribution in [-0.4, -0.2) is 33.4 Å². The summed E-state index contributed by atoms with van der Waals surface area (Å²) in [5.74, 6) is 0.0496. The van der Waals surface area contributed by atoms with Gasteiger partial charge in [0.05, 0.1) is 23.8 Å². The Bertz CT molecular complexity index is 960. The molecular weight excluding hydrogens is 312 g/mol.